The van der Waals surface area contributed by atoms with Crippen molar-refractivity contribution in [2.24, 2.45) is 0 Å². The Kier molecular flexibility index (Phi) is 9.43. The second-order valence-electron chi connectivity index (χ2n) is 8.24. The lowest BCUT2D eigenvalue weighted by molar-refractivity contribution is -0.139. The van der Waals surface area contributed by atoms with Crippen LogP contribution in [-0.4, -0.2) is 62.2 Å². The minimum absolute atomic E-state index is 0.000795. The van der Waals surface area contributed by atoms with Gasteiger partial charge in [-0.2, -0.15) is 12.7 Å². The Morgan fingerprint density at radius 1 is 1.06 bits per heavy atom. The number of anilines is 1. The van der Waals surface area contributed by atoms with E-state index in [-0.39, 0.29) is 18.3 Å². The molecule has 0 saturated heterocycles. The topological polar surface area (TPSA) is 90.0 Å². The third-order valence-corrected chi connectivity index (χ3v) is 7.02. The number of rotatable bonds is 10. The van der Waals surface area contributed by atoms with Gasteiger partial charge in [-0.25, -0.2) is 8.70 Å². The molecule has 34 heavy (non-hydrogen) atoms. The third-order valence-electron chi connectivity index (χ3n) is 4.98. The lowest BCUT2D eigenvalue weighted by Crippen LogP contribution is -2.53. The minimum atomic E-state index is -4.23. The fourth-order valence-corrected chi connectivity index (χ4v) is 4.45. The van der Waals surface area contributed by atoms with Gasteiger partial charge in [0, 0.05) is 31.7 Å². The molecule has 2 amide bonds. The summed E-state index contributed by atoms with van der Waals surface area (Å²) in [5.74, 6) is -1.88. The molecule has 0 bridgehead atoms. The summed E-state index contributed by atoms with van der Waals surface area (Å²) in [5.41, 5.74) is 0.379. The van der Waals surface area contributed by atoms with Gasteiger partial charge >= 0.3 is 10.2 Å². The Balaban J connectivity index is 2.48. The molecule has 0 aliphatic heterocycles. The predicted molar refractivity (Wildman–Crippen MR) is 131 cm³/mol. The van der Waals surface area contributed by atoms with E-state index in [1.54, 1.807) is 45.0 Å². The van der Waals surface area contributed by atoms with E-state index in [4.69, 9.17) is 11.6 Å². The van der Waals surface area contributed by atoms with Gasteiger partial charge in [0.25, 0.3) is 0 Å². The van der Waals surface area contributed by atoms with Crippen LogP contribution in [0.3, 0.4) is 0 Å². The maximum Gasteiger partial charge on any atom is 0.304 e. The SMILES string of the molecule is CC(C)NC(=O)[C@H](C)N(Cc1cccc(Cl)c1)C(=O)CN(c1ccccc1F)S(=O)(=O)N(C)C. The van der Waals surface area contributed by atoms with Gasteiger partial charge in [0.05, 0.1) is 5.69 Å². The summed E-state index contributed by atoms with van der Waals surface area (Å²) < 4.78 is 42.2. The van der Waals surface area contributed by atoms with Crippen LogP contribution in [0.4, 0.5) is 10.1 Å². The van der Waals surface area contributed by atoms with Crippen LogP contribution in [0.25, 0.3) is 0 Å². The van der Waals surface area contributed by atoms with Crippen molar-refractivity contribution >= 4 is 39.3 Å². The van der Waals surface area contributed by atoms with Crippen LogP contribution in [0.2, 0.25) is 5.02 Å². The standard InChI is InChI=1S/C23H30ClFN4O4S/c1-16(2)26-23(31)17(3)28(14-18-9-8-10-19(24)13-18)22(30)15-29(34(32,33)27(4)5)21-12-7-6-11-20(21)25/h6-13,16-17H,14-15H2,1-5H3,(H,26,31)/t17-/m0/s1. The van der Waals surface area contributed by atoms with E-state index in [1.807, 2.05) is 0 Å². The summed E-state index contributed by atoms with van der Waals surface area (Å²) in [6.45, 7) is 4.42. The average molecular weight is 513 g/mol. The second-order valence-corrected chi connectivity index (χ2v) is 10.7. The number of hydrogen-bond acceptors (Lipinski definition) is 4. The molecule has 8 nitrogen and oxygen atoms in total. The molecule has 0 unspecified atom stereocenters. The number of amides is 2. The molecule has 186 valence electrons. The highest BCUT2D eigenvalue weighted by molar-refractivity contribution is 7.90. The normalized spacial score (nSPS) is 12.5. The molecule has 2 aromatic carbocycles. The Morgan fingerprint density at radius 3 is 2.26 bits per heavy atom. The molecule has 0 heterocycles. The smallest absolute Gasteiger partial charge is 0.304 e. The summed E-state index contributed by atoms with van der Waals surface area (Å²) in [5, 5.41) is 3.21. The summed E-state index contributed by atoms with van der Waals surface area (Å²) in [7, 11) is -1.65. The van der Waals surface area contributed by atoms with Gasteiger partial charge in [-0.15, -0.1) is 0 Å². The van der Waals surface area contributed by atoms with Crippen LogP contribution in [0.15, 0.2) is 48.5 Å². The fraction of sp³-hybridized carbons (Fsp3) is 0.391. The molecular weight excluding hydrogens is 483 g/mol. The highest BCUT2D eigenvalue weighted by atomic mass is 35.5. The van der Waals surface area contributed by atoms with Crippen molar-refractivity contribution in [3.63, 3.8) is 0 Å². The number of hydrogen-bond donors (Lipinski definition) is 1. The lowest BCUT2D eigenvalue weighted by atomic mass is 10.1. The minimum Gasteiger partial charge on any atom is -0.352 e. The molecule has 0 fully saturated rings. The molecule has 2 aromatic rings. The van der Waals surface area contributed by atoms with E-state index in [1.165, 1.54) is 37.2 Å². The molecule has 0 aliphatic rings. The average Bonchev–Trinajstić information content (AvgIpc) is 2.75. The van der Waals surface area contributed by atoms with Crippen molar-refractivity contribution in [3.8, 4) is 0 Å². The van der Waals surface area contributed by atoms with Crippen molar-refractivity contribution < 1.29 is 22.4 Å². The first-order valence-corrected chi connectivity index (χ1v) is 12.4. The van der Waals surface area contributed by atoms with Gasteiger partial charge in [-0.3, -0.25) is 9.59 Å². The van der Waals surface area contributed by atoms with E-state index >= 15 is 0 Å². The Bertz CT molecular complexity index is 1130. The molecule has 0 radical (unpaired) electrons. The number of nitrogens with one attached hydrogen (secondary N) is 1. The van der Waals surface area contributed by atoms with E-state index in [0.29, 0.717) is 14.9 Å². The Morgan fingerprint density at radius 2 is 1.71 bits per heavy atom. The van der Waals surface area contributed by atoms with Crippen LogP contribution in [0.5, 0.6) is 0 Å². The summed E-state index contributed by atoms with van der Waals surface area (Å²) >= 11 is 6.08. The number of carbonyl (C=O) groups excluding carboxylic acids is 2. The zero-order valence-electron chi connectivity index (χ0n) is 19.8. The van der Waals surface area contributed by atoms with Gasteiger partial charge < -0.3 is 10.2 Å². The van der Waals surface area contributed by atoms with E-state index in [9.17, 15) is 22.4 Å². The van der Waals surface area contributed by atoms with Gasteiger partial charge in [0.15, 0.2) is 0 Å². The third kappa shape index (κ3) is 6.91. The molecule has 0 saturated carbocycles. The molecule has 2 rings (SSSR count). The largest absolute Gasteiger partial charge is 0.352 e. The van der Waals surface area contributed by atoms with Crippen LogP contribution in [0.1, 0.15) is 26.3 Å². The quantitative estimate of drug-likeness (QED) is 0.530. The zero-order valence-corrected chi connectivity index (χ0v) is 21.4. The first kappa shape index (κ1) is 27.6. The van der Waals surface area contributed by atoms with Gasteiger partial charge in [-0.1, -0.05) is 35.9 Å². The van der Waals surface area contributed by atoms with Crippen LogP contribution < -0.4 is 9.62 Å². The van der Waals surface area contributed by atoms with Crippen LogP contribution >= 0.6 is 11.6 Å². The molecule has 1 N–H and O–H groups in total. The summed E-state index contributed by atoms with van der Waals surface area (Å²) in [6.07, 6.45) is 0. The van der Waals surface area contributed by atoms with Crippen molar-refractivity contribution in [3.05, 3.63) is 64.9 Å². The van der Waals surface area contributed by atoms with E-state index < -0.39 is 40.4 Å². The monoisotopic (exact) mass is 512 g/mol. The van der Waals surface area contributed by atoms with Crippen LogP contribution in [0, 0.1) is 5.82 Å². The number of nitrogens with zero attached hydrogens (tertiary/aromatic N) is 3. The number of benzene rings is 2. The number of carbonyl (C=O) groups is 2. The molecular formula is C23H30ClFN4O4S. The number of para-hydroxylation sites is 1. The maximum atomic E-state index is 14.6. The lowest BCUT2D eigenvalue weighted by Gasteiger charge is -2.33. The first-order valence-electron chi connectivity index (χ1n) is 10.6. The molecule has 0 aliphatic carbocycles. The Labute approximate surface area is 205 Å². The van der Waals surface area contributed by atoms with E-state index in [2.05, 4.69) is 5.32 Å². The van der Waals surface area contributed by atoms with Gasteiger partial charge in [-0.05, 0) is 50.6 Å². The van der Waals surface area contributed by atoms with Gasteiger partial charge in [0.2, 0.25) is 11.8 Å². The van der Waals surface area contributed by atoms with Crippen molar-refractivity contribution in [1.29, 1.82) is 0 Å². The molecule has 0 spiro atoms. The van der Waals surface area contributed by atoms with Gasteiger partial charge in [0.1, 0.15) is 18.4 Å². The van der Waals surface area contributed by atoms with Crippen molar-refractivity contribution in [2.75, 3.05) is 24.9 Å². The fourth-order valence-electron chi connectivity index (χ4n) is 3.18. The second kappa shape index (κ2) is 11.6. The predicted octanol–water partition coefficient (Wildman–Crippen LogP) is 3.03. The van der Waals surface area contributed by atoms with Crippen molar-refractivity contribution in [2.45, 2.75) is 39.4 Å². The molecule has 0 aromatic heterocycles. The highest BCUT2D eigenvalue weighted by Gasteiger charge is 2.33. The summed E-state index contributed by atoms with van der Waals surface area (Å²) in [4.78, 5) is 27.5. The summed E-state index contributed by atoms with van der Waals surface area (Å²) in [6, 6.07) is 11.0. The highest BCUT2D eigenvalue weighted by Crippen LogP contribution is 2.24. The zero-order chi connectivity index (χ0) is 25.6. The Hall–Kier alpha value is -2.69. The molecule has 1 atom stereocenters. The van der Waals surface area contributed by atoms with Crippen molar-refractivity contribution in [1.82, 2.24) is 14.5 Å². The first-order chi connectivity index (χ1) is 15.8. The number of halogens is 2. The molecule has 11 heteroatoms. The van der Waals surface area contributed by atoms with Crippen LogP contribution in [-0.2, 0) is 26.3 Å². The maximum absolute atomic E-state index is 14.6. The van der Waals surface area contributed by atoms with E-state index in [0.717, 1.165) is 10.4 Å².